The van der Waals surface area contributed by atoms with Crippen LogP contribution in [0.3, 0.4) is 0 Å². The molecule has 0 N–H and O–H groups in total. The highest BCUT2D eigenvalue weighted by atomic mass is 32.2. The van der Waals surface area contributed by atoms with Crippen molar-refractivity contribution in [2.45, 2.75) is 18.1 Å². The van der Waals surface area contributed by atoms with Gasteiger partial charge in [-0.3, -0.25) is 14.2 Å². The van der Waals surface area contributed by atoms with Crippen LogP contribution in [-0.2, 0) is 4.79 Å². The second-order valence-corrected chi connectivity index (χ2v) is 8.91. The zero-order chi connectivity index (χ0) is 24.9. The zero-order valence-electron chi connectivity index (χ0n) is 20.1. The maximum absolute atomic E-state index is 13.5. The molecule has 0 saturated carbocycles. The predicted molar refractivity (Wildman–Crippen MR) is 139 cm³/mol. The Labute approximate surface area is 208 Å². The van der Waals surface area contributed by atoms with Crippen molar-refractivity contribution in [3.05, 3.63) is 88.7 Å². The minimum absolute atomic E-state index is 0.0624. The first-order valence-electron chi connectivity index (χ1n) is 11.1. The summed E-state index contributed by atoms with van der Waals surface area (Å²) >= 11 is 1.23. The molecular weight excluding hydrogens is 462 g/mol. The van der Waals surface area contributed by atoms with Gasteiger partial charge in [0.1, 0.15) is 0 Å². The standard InChI is InChI=1S/C27H27N3O4S/c1-18(19-10-6-5-7-11-19)29(2)25(31)17-35-27-28-22-13-9-8-12-21(22)26(32)30(27)20-14-15-23(33-3)24(16-20)34-4/h5-16,18H,17H2,1-4H3. The second kappa shape index (κ2) is 10.7. The van der Waals surface area contributed by atoms with Gasteiger partial charge in [0.2, 0.25) is 5.91 Å². The summed E-state index contributed by atoms with van der Waals surface area (Å²) in [6, 6.07) is 22.2. The van der Waals surface area contributed by atoms with Crippen molar-refractivity contribution in [2.24, 2.45) is 0 Å². The van der Waals surface area contributed by atoms with Crippen LogP contribution in [0.4, 0.5) is 0 Å². The van der Waals surface area contributed by atoms with Crippen LogP contribution >= 0.6 is 11.8 Å². The number of fused-ring (bicyclic) bond motifs is 1. The number of ether oxygens (including phenoxy) is 2. The molecule has 180 valence electrons. The smallest absolute Gasteiger partial charge is 0.266 e. The molecule has 0 fully saturated rings. The molecule has 35 heavy (non-hydrogen) atoms. The molecule has 0 bridgehead atoms. The number of hydrogen-bond donors (Lipinski definition) is 0. The van der Waals surface area contributed by atoms with E-state index < -0.39 is 0 Å². The summed E-state index contributed by atoms with van der Waals surface area (Å²) in [4.78, 5) is 33.0. The Hall–Kier alpha value is -3.78. The minimum atomic E-state index is -0.219. The first kappa shape index (κ1) is 24.3. The lowest BCUT2D eigenvalue weighted by Crippen LogP contribution is -2.31. The van der Waals surface area contributed by atoms with E-state index in [2.05, 4.69) is 0 Å². The summed E-state index contributed by atoms with van der Waals surface area (Å²) in [6.45, 7) is 1.99. The normalized spacial score (nSPS) is 11.8. The summed E-state index contributed by atoms with van der Waals surface area (Å²) in [5.41, 5.74) is 1.99. The quantitative estimate of drug-likeness (QED) is 0.264. The van der Waals surface area contributed by atoms with Crippen LogP contribution in [0.25, 0.3) is 16.6 Å². The number of benzene rings is 3. The van der Waals surface area contributed by atoms with Gasteiger partial charge in [-0.25, -0.2) is 4.98 Å². The summed E-state index contributed by atoms with van der Waals surface area (Å²) in [7, 11) is 4.89. The largest absolute Gasteiger partial charge is 0.493 e. The molecule has 7 nitrogen and oxygen atoms in total. The third-order valence-corrected chi connectivity index (χ3v) is 6.87. The topological polar surface area (TPSA) is 73.7 Å². The van der Waals surface area contributed by atoms with E-state index in [-0.39, 0.29) is 23.3 Å². The van der Waals surface area contributed by atoms with Gasteiger partial charge in [-0.05, 0) is 36.8 Å². The maximum Gasteiger partial charge on any atom is 0.266 e. The molecule has 8 heteroatoms. The van der Waals surface area contributed by atoms with E-state index in [1.165, 1.54) is 16.3 Å². The third kappa shape index (κ3) is 5.02. The van der Waals surface area contributed by atoms with E-state index in [1.807, 2.05) is 43.3 Å². The minimum Gasteiger partial charge on any atom is -0.493 e. The molecule has 3 aromatic carbocycles. The average Bonchev–Trinajstić information content (AvgIpc) is 2.91. The van der Waals surface area contributed by atoms with Gasteiger partial charge >= 0.3 is 0 Å². The third-order valence-electron chi connectivity index (χ3n) is 5.95. The number of rotatable bonds is 8. The molecule has 1 unspecified atom stereocenters. The molecule has 1 heterocycles. The van der Waals surface area contributed by atoms with Crippen LogP contribution in [0.5, 0.6) is 11.5 Å². The number of nitrogens with zero attached hydrogens (tertiary/aromatic N) is 3. The van der Waals surface area contributed by atoms with Gasteiger partial charge in [0.05, 0.1) is 42.6 Å². The van der Waals surface area contributed by atoms with Crippen LogP contribution in [0, 0.1) is 0 Å². The molecule has 1 atom stereocenters. The first-order valence-corrected chi connectivity index (χ1v) is 12.1. The Morgan fingerprint density at radius 3 is 2.40 bits per heavy atom. The molecule has 0 saturated heterocycles. The molecule has 0 spiro atoms. The second-order valence-electron chi connectivity index (χ2n) is 7.97. The van der Waals surface area contributed by atoms with Crippen molar-refractivity contribution in [1.29, 1.82) is 0 Å². The lowest BCUT2D eigenvalue weighted by molar-refractivity contribution is -0.128. The fourth-order valence-corrected chi connectivity index (χ4v) is 4.74. The van der Waals surface area contributed by atoms with Crippen LogP contribution in [0.1, 0.15) is 18.5 Å². The van der Waals surface area contributed by atoms with Crippen molar-refractivity contribution >= 4 is 28.6 Å². The van der Waals surface area contributed by atoms with E-state index in [0.29, 0.717) is 33.2 Å². The van der Waals surface area contributed by atoms with Gasteiger partial charge in [-0.2, -0.15) is 0 Å². The Morgan fingerprint density at radius 1 is 1.00 bits per heavy atom. The number of carbonyl (C=O) groups excluding carboxylic acids is 1. The summed E-state index contributed by atoms with van der Waals surface area (Å²) in [5, 5.41) is 0.919. The summed E-state index contributed by atoms with van der Waals surface area (Å²) in [6.07, 6.45) is 0. The maximum atomic E-state index is 13.5. The van der Waals surface area contributed by atoms with Crippen LogP contribution in [0.2, 0.25) is 0 Å². The number of methoxy groups -OCH3 is 2. The summed E-state index contributed by atoms with van der Waals surface area (Å²) < 4.78 is 12.3. The Morgan fingerprint density at radius 2 is 1.69 bits per heavy atom. The Balaban J connectivity index is 1.69. The summed E-state index contributed by atoms with van der Waals surface area (Å²) in [5.74, 6) is 1.12. The number of amides is 1. The number of thioether (sulfide) groups is 1. The van der Waals surface area contributed by atoms with Gasteiger partial charge in [0.25, 0.3) is 5.56 Å². The lowest BCUT2D eigenvalue weighted by atomic mass is 10.1. The number of carbonyl (C=O) groups is 1. The van der Waals surface area contributed by atoms with Crippen molar-refractivity contribution in [2.75, 3.05) is 27.0 Å². The van der Waals surface area contributed by atoms with Gasteiger partial charge in [-0.15, -0.1) is 0 Å². The number of hydrogen-bond acceptors (Lipinski definition) is 6. The van der Waals surface area contributed by atoms with Crippen molar-refractivity contribution < 1.29 is 14.3 Å². The molecule has 4 aromatic rings. The zero-order valence-corrected chi connectivity index (χ0v) is 20.9. The number of aromatic nitrogens is 2. The monoisotopic (exact) mass is 489 g/mol. The van der Waals surface area contributed by atoms with E-state index >= 15 is 0 Å². The SMILES string of the molecule is COc1ccc(-n2c(SCC(=O)N(C)C(C)c3ccccc3)nc3ccccc3c2=O)cc1OC. The predicted octanol–water partition coefficient (Wildman–Crippen LogP) is 4.71. The van der Waals surface area contributed by atoms with E-state index in [0.717, 1.165) is 5.56 Å². The van der Waals surface area contributed by atoms with Crippen molar-refractivity contribution in [3.63, 3.8) is 0 Å². The highest BCUT2D eigenvalue weighted by Crippen LogP contribution is 2.31. The molecule has 0 aliphatic rings. The molecule has 4 rings (SSSR count). The Bertz CT molecular complexity index is 1400. The van der Waals surface area contributed by atoms with Gasteiger partial charge in [-0.1, -0.05) is 54.2 Å². The van der Waals surface area contributed by atoms with Crippen LogP contribution in [-0.4, -0.2) is 47.4 Å². The van der Waals surface area contributed by atoms with Gasteiger partial charge < -0.3 is 14.4 Å². The van der Waals surface area contributed by atoms with Gasteiger partial charge in [0, 0.05) is 13.1 Å². The van der Waals surface area contributed by atoms with E-state index in [9.17, 15) is 9.59 Å². The fraction of sp³-hybridized carbons (Fsp3) is 0.222. The van der Waals surface area contributed by atoms with Gasteiger partial charge in [0.15, 0.2) is 16.7 Å². The highest BCUT2D eigenvalue weighted by molar-refractivity contribution is 7.99. The molecule has 1 amide bonds. The van der Waals surface area contributed by atoms with E-state index in [1.54, 1.807) is 62.6 Å². The van der Waals surface area contributed by atoms with E-state index in [4.69, 9.17) is 14.5 Å². The fourth-order valence-electron chi connectivity index (χ4n) is 3.80. The van der Waals surface area contributed by atoms with Crippen molar-refractivity contribution in [3.8, 4) is 17.2 Å². The average molecular weight is 490 g/mol. The Kier molecular flexibility index (Phi) is 7.41. The van der Waals surface area contributed by atoms with Crippen LogP contribution in [0.15, 0.2) is 82.7 Å². The highest BCUT2D eigenvalue weighted by Gasteiger charge is 2.20. The molecule has 0 aliphatic carbocycles. The lowest BCUT2D eigenvalue weighted by Gasteiger charge is -2.25. The number of para-hydroxylation sites is 1. The molecular formula is C27H27N3O4S. The molecule has 0 radical (unpaired) electrons. The molecule has 1 aromatic heterocycles. The van der Waals surface area contributed by atoms with Crippen molar-refractivity contribution in [1.82, 2.24) is 14.5 Å². The first-order chi connectivity index (χ1) is 16.9. The van der Waals surface area contributed by atoms with Crippen LogP contribution < -0.4 is 15.0 Å². The molecule has 0 aliphatic heterocycles.